The van der Waals surface area contributed by atoms with Crippen LogP contribution in [0.3, 0.4) is 0 Å². The summed E-state index contributed by atoms with van der Waals surface area (Å²) in [6, 6.07) is 10.0. The van der Waals surface area contributed by atoms with Gasteiger partial charge in [0.15, 0.2) is 5.82 Å². The number of benzene rings is 1. The van der Waals surface area contributed by atoms with Gasteiger partial charge in [0, 0.05) is 18.4 Å². The minimum absolute atomic E-state index is 0.438. The minimum Gasteiger partial charge on any atom is -0.484 e. The summed E-state index contributed by atoms with van der Waals surface area (Å²) in [5.41, 5.74) is 0.977. The largest absolute Gasteiger partial charge is 0.484 e. The second-order valence-corrected chi connectivity index (χ2v) is 5.29. The predicted molar refractivity (Wildman–Crippen MR) is 79.0 cm³/mol. The smallest absolute Gasteiger partial charge is 0.171 e. The molecule has 0 radical (unpaired) electrons. The van der Waals surface area contributed by atoms with Crippen molar-refractivity contribution in [2.45, 2.75) is 32.4 Å². The van der Waals surface area contributed by atoms with Crippen molar-refractivity contribution in [2.24, 2.45) is 0 Å². The fraction of sp³-hybridized carbons (Fsp3) is 0.312. The van der Waals surface area contributed by atoms with Crippen LogP contribution < -0.4 is 4.74 Å². The van der Waals surface area contributed by atoms with Gasteiger partial charge in [0.05, 0.1) is 11.7 Å². The zero-order valence-corrected chi connectivity index (χ0v) is 11.7. The van der Waals surface area contributed by atoms with Gasteiger partial charge in [-0.1, -0.05) is 18.2 Å². The Morgan fingerprint density at radius 3 is 3.10 bits per heavy atom. The van der Waals surface area contributed by atoms with Gasteiger partial charge < -0.3 is 9.30 Å². The first-order valence-corrected chi connectivity index (χ1v) is 7.29. The number of rotatable bonds is 3. The van der Waals surface area contributed by atoms with Gasteiger partial charge in [-0.05, 0) is 25.0 Å². The molecule has 4 rings (SSSR count). The molecule has 2 aromatic heterocycles. The van der Waals surface area contributed by atoms with E-state index in [0.717, 1.165) is 41.3 Å². The van der Waals surface area contributed by atoms with Gasteiger partial charge in [-0.3, -0.25) is 4.98 Å². The van der Waals surface area contributed by atoms with Gasteiger partial charge in [0.1, 0.15) is 18.2 Å². The van der Waals surface area contributed by atoms with E-state index in [-0.39, 0.29) is 0 Å². The molecule has 0 amide bonds. The molecule has 106 valence electrons. The number of aromatic nitrogens is 4. The first-order chi connectivity index (χ1) is 10.4. The molecule has 0 atom stereocenters. The molecule has 5 heteroatoms. The molecule has 1 aromatic carbocycles. The maximum absolute atomic E-state index is 5.84. The molecule has 3 aromatic rings. The van der Waals surface area contributed by atoms with Crippen LogP contribution >= 0.6 is 0 Å². The van der Waals surface area contributed by atoms with E-state index in [0.29, 0.717) is 6.61 Å². The van der Waals surface area contributed by atoms with Gasteiger partial charge in [-0.15, -0.1) is 10.2 Å². The molecule has 0 spiro atoms. The molecule has 0 saturated heterocycles. The summed E-state index contributed by atoms with van der Waals surface area (Å²) in [5, 5.41) is 9.56. The molecular formula is C16H16N4O. The summed E-state index contributed by atoms with van der Waals surface area (Å²) in [6.45, 7) is 1.43. The summed E-state index contributed by atoms with van der Waals surface area (Å²) in [7, 11) is 0. The average molecular weight is 280 g/mol. The van der Waals surface area contributed by atoms with E-state index < -0.39 is 0 Å². The predicted octanol–water partition coefficient (Wildman–Crippen LogP) is 2.74. The lowest BCUT2D eigenvalue weighted by Gasteiger charge is -2.14. The number of hydrogen-bond donors (Lipinski definition) is 0. The third-order valence-corrected chi connectivity index (χ3v) is 3.87. The maximum atomic E-state index is 5.84. The van der Waals surface area contributed by atoms with Crippen LogP contribution in [0.4, 0.5) is 0 Å². The molecule has 0 aliphatic carbocycles. The first kappa shape index (κ1) is 12.3. The fourth-order valence-corrected chi connectivity index (χ4v) is 2.75. The van der Waals surface area contributed by atoms with Crippen LogP contribution in [0.1, 0.15) is 24.5 Å². The molecule has 0 bridgehead atoms. The molecule has 1 aliphatic rings. The van der Waals surface area contributed by atoms with Crippen LogP contribution in [-0.2, 0) is 19.6 Å². The normalized spacial score (nSPS) is 14.1. The Kier molecular flexibility index (Phi) is 3.03. The fourth-order valence-electron chi connectivity index (χ4n) is 2.75. The van der Waals surface area contributed by atoms with Gasteiger partial charge in [-0.2, -0.15) is 0 Å². The first-order valence-electron chi connectivity index (χ1n) is 7.29. The van der Waals surface area contributed by atoms with E-state index in [9.17, 15) is 0 Å². The van der Waals surface area contributed by atoms with Gasteiger partial charge in [-0.25, -0.2) is 0 Å². The molecule has 1 aliphatic heterocycles. The van der Waals surface area contributed by atoms with Crippen LogP contribution in [0.2, 0.25) is 0 Å². The summed E-state index contributed by atoms with van der Waals surface area (Å²) >= 11 is 0. The Morgan fingerprint density at radius 1 is 1.14 bits per heavy atom. The molecule has 3 heterocycles. The number of aryl methyl sites for hydroxylation is 1. The highest BCUT2D eigenvalue weighted by atomic mass is 16.5. The number of hydrogen-bond acceptors (Lipinski definition) is 4. The van der Waals surface area contributed by atoms with E-state index in [1.165, 1.54) is 12.8 Å². The van der Waals surface area contributed by atoms with E-state index >= 15 is 0 Å². The van der Waals surface area contributed by atoms with Crippen molar-refractivity contribution < 1.29 is 4.74 Å². The van der Waals surface area contributed by atoms with E-state index in [1.54, 1.807) is 6.20 Å². The van der Waals surface area contributed by atoms with Crippen molar-refractivity contribution in [1.29, 1.82) is 0 Å². The Hall–Kier alpha value is -2.43. The Balaban J connectivity index is 1.54. The third-order valence-electron chi connectivity index (χ3n) is 3.87. The highest BCUT2D eigenvalue weighted by molar-refractivity contribution is 5.79. The zero-order chi connectivity index (χ0) is 14.1. The number of ether oxygens (including phenoxy) is 1. The van der Waals surface area contributed by atoms with Crippen molar-refractivity contribution in [3.8, 4) is 5.75 Å². The van der Waals surface area contributed by atoms with Crippen LogP contribution in [0.15, 0.2) is 36.5 Å². The van der Waals surface area contributed by atoms with Crippen LogP contribution in [0.5, 0.6) is 5.75 Å². The lowest BCUT2D eigenvalue weighted by Crippen LogP contribution is -2.14. The maximum Gasteiger partial charge on any atom is 0.171 e. The summed E-state index contributed by atoms with van der Waals surface area (Å²) < 4.78 is 8.02. The number of pyridine rings is 1. The van der Waals surface area contributed by atoms with Crippen LogP contribution in [0, 0.1) is 0 Å². The highest BCUT2D eigenvalue weighted by Gasteiger charge is 2.15. The highest BCUT2D eigenvalue weighted by Crippen LogP contribution is 2.20. The number of fused-ring (bicyclic) bond motifs is 2. The topological polar surface area (TPSA) is 52.8 Å². The van der Waals surface area contributed by atoms with Gasteiger partial charge in [0.2, 0.25) is 0 Å². The molecule has 0 N–H and O–H groups in total. The van der Waals surface area contributed by atoms with E-state index in [2.05, 4.69) is 19.7 Å². The van der Waals surface area contributed by atoms with Gasteiger partial charge >= 0.3 is 0 Å². The Bertz CT molecular complexity index is 781. The standard InChI is InChI=1S/C16H16N4O/c1-2-6-14-12(5-1)9-13(10-17-14)21-11-16-19-18-15-7-3-4-8-20(15)16/h1-2,5-6,9-10H,3-4,7-8,11H2. The summed E-state index contributed by atoms with van der Waals surface area (Å²) in [5.74, 6) is 2.75. The SMILES string of the molecule is c1ccc2ncc(OCc3nnc4n3CCCC4)cc2c1. The molecule has 0 fully saturated rings. The van der Waals surface area contributed by atoms with Crippen molar-refractivity contribution in [2.75, 3.05) is 0 Å². The lowest BCUT2D eigenvalue weighted by molar-refractivity contribution is 0.285. The van der Waals surface area contributed by atoms with Crippen molar-refractivity contribution in [3.05, 3.63) is 48.2 Å². The molecular weight excluding hydrogens is 264 g/mol. The Morgan fingerprint density at radius 2 is 2.10 bits per heavy atom. The van der Waals surface area contributed by atoms with E-state index in [4.69, 9.17) is 4.74 Å². The third kappa shape index (κ3) is 2.35. The molecule has 0 saturated carbocycles. The second-order valence-electron chi connectivity index (χ2n) is 5.29. The molecule has 5 nitrogen and oxygen atoms in total. The molecule has 21 heavy (non-hydrogen) atoms. The van der Waals surface area contributed by atoms with Crippen molar-refractivity contribution >= 4 is 10.9 Å². The van der Waals surface area contributed by atoms with Gasteiger partial charge in [0.25, 0.3) is 0 Å². The number of para-hydroxylation sites is 1. The number of nitrogens with zero attached hydrogens (tertiary/aromatic N) is 4. The van der Waals surface area contributed by atoms with Crippen LogP contribution in [-0.4, -0.2) is 19.7 Å². The second kappa shape index (κ2) is 5.16. The summed E-state index contributed by atoms with van der Waals surface area (Å²) in [6.07, 6.45) is 5.17. The van der Waals surface area contributed by atoms with Crippen LogP contribution in [0.25, 0.3) is 10.9 Å². The quantitative estimate of drug-likeness (QED) is 0.740. The van der Waals surface area contributed by atoms with Crippen molar-refractivity contribution in [1.82, 2.24) is 19.7 Å². The Labute approximate surface area is 122 Å². The summed E-state index contributed by atoms with van der Waals surface area (Å²) in [4.78, 5) is 4.40. The molecule has 0 unspecified atom stereocenters. The minimum atomic E-state index is 0.438. The zero-order valence-electron chi connectivity index (χ0n) is 11.7. The van der Waals surface area contributed by atoms with Crippen molar-refractivity contribution in [3.63, 3.8) is 0 Å². The van der Waals surface area contributed by atoms with E-state index in [1.807, 2.05) is 30.3 Å². The average Bonchev–Trinajstić information content (AvgIpc) is 2.96. The lowest BCUT2D eigenvalue weighted by atomic mass is 10.2. The monoisotopic (exact) mass is 280 g/mol.